The van der Waals surface area contributed by atoms with Crippen molar-refractivity contribution in [2.75, 3.05) is 0 Å². The minimum absolute atomic E-state index is 0.202. The summed E-state index contributed by atoms with van der Waals surface area (Å²) in [6, 6.07) is 10.8. The van der Waals surface area contributed by atoms with Gasteiger partial charge in [0.25, 0.3) is 5.91 Å². The summed E-state index contributed by atoms with van der Waals surface area (Å²) < 4.78 is 6.09. The fraction of sp³-hybridized carbons (Fsp3) is 0.0625. The molecule has 24 heavy (non-hydrogen) atoms. The van der Waals surface area contributed by atoms with E-state index < -0.39 is 17.9 Å². The van der Waals surface area contributed by atoms with Crippen LogP contribution >= 0.6 is 39.9 Å². The van der Waals surface area contributed by atoms with Gasteiger partial charge in [-0.05, 0) is 33.6 Å². The third kappa shape index (κ3) is 3.31. The maximum absolute atomic E-state index is 12.7. The van der Waals surface area contributed by atoms with Gasteiger partial charge < -0.3 is 9.52 Å². The second-order valence-electron chi connectivity index (χ2n) is 4.85. The molecule has 3 rings (SSSR count). The number of carboxylic acids is 1. The first kappa shape index (κ1) is 16.9. The highest BCUT2D eigenvalue weighted by atomic mass is 79.9. The Morgan fingerprint density at radius 3 is 2.58 bits per heavy atom. The number of carbonyl (C=O) groups is 2. The van der Waals surface area contributed by atoms with E-state index in [1.807, 2.05) is 0 Å². The number of thioether (sulfide) groups is 1. The Hall–Kier alpha value is -1.90. The van der Waals surface area contributed by atoms with E-state index in [1.54, 1.807) is 48.5 Å². The Morgan fingerprint density at radius 2 is 2.00 bits per heavy atom. The number of halogens is 1. The largest absolute Gasteiger partial charge is 0.479 e. The van der Waals surface area contributed by atoms with Gasteiger partial charge in [-0.15, -0.1) is 0 Å². The zero-order valence-electron chi connectivity index (χ0n) is 12.0. The van der Waals surface area contributed by atoms with Crippen molar-refractivity contribution in [3.8, 4) is 0 Å². The molecule has 122 valence electrons. The monoisotopic (exact) mass is 423 g/mol. The minimum Gasteiger partial charge on any atom is -0.479 e. The third-order valence-electron chi connectivity index (χ3n) is 3.30. The molecule has 1 aliphatic rings. The van der Waals surface area contributed by atoms with Crippen molar-refractivity contribution < 1.29 is 19.1 Å². The molecule has 0 spiro atoms. The lowest BCUT2D eigenvalue weighted by atomic mass is 10.1. The molecule has 8 heteroatoms. The van der Waals surface area contributed by atoms with Crippen LogP contribution in [0.4, 0.5) is 0 Å². The molecule has 1 amide bonds. The van der Waals surface area contributed by atoms with Crippen LogP contribution in [-0.4, -0.2) is 26.2 Å². The molecule has 1 atom stereocenters. The SMILES string of the molecule is O=C(O)[C@@H](c1ccccc1)N1C(=O)/C(=C\c2ccc(Br)o2)SC1=S. The average Bonchev–Trinajstić information content (AvgIpc) is 3.07. The van der Waals surface area contributed by atoms with E-state index in [0.29, 0.717) is 20.9 Å². The van der Waals surface area contributed by atoms with E-state index in [4.69, 9.17) is 16.6 Å². The number of hydrogen-bond donors (Lipinski definition) is 1. The van der Waals surface area contributed by atoms with Gasteiger partial charge in [0.15, 0.2) is 10.7 Å². The van der Waals surface area contributed by atoms with Crippen molar-refractivity contribution in [1.82, 2.24) is 4.90 Å². The van der Waals surface area contributed by atoms with Crippen molar-refractivity contribution in [3.05, 3.63) is 63.4 Å². The first-order valence-corrected chi connectivity index (χ1v) is 8.79. The molecule has 1 aliphatic heterocycles. The number of benzene rings is 1. The molecular formula is C16H10BrNO4S2. The second kappa shape index (κ2) is 6.92. The number of nitrogens with zero attached hydrogens (tertiary/aromatic N) is 1. The Kier molecular flexibility index (Phi) is 4.88. The summed E-state index contributed by atoms with van der Waals surface area (Å²) in [5.41, 5.74) is 0.489. The lowest BCUT2D eigenvalue weighted by Crippen LogP contribution is -2.37. The van der Waals surface area contributed by atoms with Gasteiger partial charge in [-0.1, -0.05) is 54.3 Å². The molecule has 0 aliphatic carbocycles. The van der Waals surface area contributed by atoms with Gasteiger partial charge in [-0.2, -0.15) is 0 Å². The Labute approximate surface area is 155 Å². The first-order valence-electron chi connectivity index (χ1n) is 6.77. The normalized spacial score (nSPS) is 17.5. The van der Waals surface area contributed by atoms with Crippen LogP contribution in [0.1, 0.15) is 17.4 Å². The van der Waals surface area contributed by atoms with E-state index in [2.05, 4.69) is 15.9 Å². The number of rotatable bonds is 4. The van der Waals surface area contributed by atoms with Crippen LogP contribution < -0.4 is 0 Å². The van der Waals surface area contributed by atoms with Gasteiger partial charge in [0.05, 0.1) is 4.91 Å². The van der Waals surface area contributed by atoms with E-state index >= 15 is 0 Å². The minimum atomic E-state index is -1.16. The van der Waals surface area contributed by atoms with Crippen molar-refractivity contribution in [1.29, 1.82) is 0 Å². The smallest absolute Gasteiger partial charge is 0.331 e. The van der Waals surface area contributed by atoms with Gasteiger partial charge in [0.2, 0.25) is 0 Å². The average molecular weight is 424 g/mol. The molecule has 2 heterocycles. The number of aliphatic carboxylic acids is 1. The topological polar surface area (TPSA) is 70.8 Å². The molecule has 1 aromatic carbocycles. The lowest BCUT2D eigenvalue weighted by molar-refractivity contribution is -0.145. The van der Waals surface area contributed by atoms with Crippen LogP contribution in [0.3, 0.4) is 0 Å². The predicted molar refractivity (Wildman–Crippen MR) is 98.2 cm³/mol. The van der Waals surface area contributed by atoms with E-state index in [-0.39, 0.29) is 4.32 Å². The number of carbonyl (C=O) groups excluding carboxylic acids is 1. The van der Waals surface area contributed by atoms with Gasteiger partial charge in [-0.25, -0.2) is 4.79 Å². The first-order chi connectivity index (χ1) is 11.5. The molecule has 0 radical (unpaired) electrons. The van der Waals surface area contributed by atoms with Crippen molar-refractivity contribution in [2.24, 2.45) is 0 Å². The lowest BCUT2D eigenvalue weighted by Gasteiger charge is -2.23. The quantitative estimate of drug-likeness (QED) is 0.590. The maximum Gasteiger partial charge on any atom is 0.331 e. The Balaban J connectivity index is 1.96. The van der Waals surface area contributed by atoms with Crippen LogP contribution in [0.5, 0.6) is 0 Å². The highest BCUT2D eigenvalue weighted by Crippen LogP contribution is 2.38. The molecule has 1 saturated heterocycles. The van der Waals surface area contributed by atoms with Crippen LogP contribution in [0, 0.1) is 0 Å². The van der Waals surface area contributed by atoms with E-state index in [0.717, 1.165) is 16.7 Å². The summed E-state index contributed by atoms with van der Waals surface area (Å²) in [6.07, 6.45) is 1.55. The van der Waals surface area contributed by atoms with E-state index in [1.165, 1.54) is 0 Å². The zero-order valence-corrected chi connectivity index (χ0v) is 15.2. The summed E-state index contributed by atoms with van der Waals surface area (Å²) in [5, 5.41) is 9.60. The number of thiocarbonyl (C=S) groups is 1. The van der Waals surface area contributed by atoms with Gasteiger partial charge in [-0.3, -0.25) is 9.69 Å². The van der Waals surface area contributed by atoms with Gasteiger partial charge in [0, 0.05) is 6.08 Å². The molecule has 1 fully saturated rings. The van der Waals surface area contributed by atoms with Gasteiger partial charge in [0.1, 0.15) is 10.1 Å². The summed E-state index contributed by atoms with van der Waals surface area (Å²) in [6.45, 7) is 0. The molecule has 0 unspecified atom stereocenters. The third-order valence-corrected chi connectivity index (χ3v) is 5.05. The van der Waals surface area contributed by atoms with E-state index in [9.17, 15) is 14.7 Å². The van der Waals surface area contributed by atoms with Crippen LogP contribution in [0.2, 0.25) is 0 Å². The Morgan fingerprint density at radius 1 is 1.29 bits per heavy atom. The van der Waals surface area contributed by atoms with Crippen molar-refractivity contribution in [3.63, 3.8) is 0 Å². The van der Waals surface area contributed by atoms with Gasteiger partial charge >= 0.3 is 5.97 Å². The molecule has 0 bridgehead atoms. The number of amides is 1. The zero-order chi connectivity index (χ0) is 17.3. The predicted octanol–water partition coefficient (Wildman–Crippen LogP) is 4.07. The molecule has 1 N–H and O–H groups in total. The molecule has 1 aromatic heterocycles. The Bertz CT molecular complexity index is 847. The standard InChI is InChI=1S/C16H10BrNO4S2/c17-12-7-6-10(22-12)8-11-14(19)18(16(23)24-11)13(15(20)21)9-4-2-1-3-5-9/h1-8,13H,(H,20,21)/b11-8+/t13-/m1/s1. The highest BCUT2D eigenvalue weighted by Gasteiger charge is 2.41. The summed E-state index contributed by atoms with van der Waals surface area (Å²) in [4.78, 5) is 25.9. The van der Waals surface area contributed by atoms with Crippen LogP contribution in [-0.2, 0) is 9.59 Å². The number of carboxylic acid groups (broad SMARTS) is 1. The summed E-state index contributed by atoms with van der Waals surface area (Å²) in [5.74, 6) is -1.11. The highest BCUT2D eigenvalue weighted by molar-refractivity contribution is 9.10. The number of hydrogen-bond acceptors (Lipinski definition) is 5. The van der Waals surface area contributed by atoms with Crippen molar-refractivity contribution >= 4 is 62.2 Å². The molecular weight excluding hydrogens is 414 g/mol. The van der Waals surface area contributed by atoms with Crippen LogP contribution in [0.25, 0.3) is 6.08 Å². The molecule has 5 nitrogen and oxygen atoms in total. The number of furan rings is 1. The summed E-state index contributed by atoms with van der Waals surface area (Å²) >= 11 is 9.48. The molecule has 2 aromatic rings. The maximum atomic E-state index is 12.7. The van der Waals surface area contributed by atoms with Crippen LogP contribution in [0.15, 0.2) is 56.5 Å². The van der Waals surface area contributed by atoms with Crippen molar-refractivity contribution in [2.45, 2.75) is 6.04 Å². The molecule has 0 saturated carbocycles. The fourth-order valence-corrected chi connectivity index (χ4v) is 3.89. The fourth-order valence-electron chi connectivity index (χ4n) is 2.27. The second-order valence-corrected chi connectivity index (χ2v) is 7.30. The summed E-state index contributed by atoms with van der Waals surface area (Å²) in [7, 11) is 0.